The number of carbonyl (C=O) groups is 1. The number of amides is 1. The first-order valence-electron chi connectivity index (χ1n) is 7.80. The van der Waals surface area contributed by atoms with Crippen molar-refractivity contribution in [3.05, 3.63) is 41.2 Å². The fourth-order valence-corrected chi connectivity index (χ4v) is 3.20. The number of aliphatic hydroxyl groups excluding tert-OH is 1. The van der Waals surface area contributed by atoms with Gasteiger partial charge in [-0.25, -0.2) is 4.68 Å². The molecule has 6 nitrogen and oxygen atoms in total. The number of rotatable bonds is 4. The third kappa shape index (κ3) is 3.38. The Labute approximate surface area is 139 Å². The van der Waals surface area contributed by atoms with Crippen molar-refractivity contribution >= 4 is 17.5 Å². The van der Waals surface area contributed by atoms with Crippen LogP contribution < -0.4 is 0 Å². The maximum atomic E-state index is 12.7. The second-order valence-corrected chi connectivity index (χ2v) is 6.07. The number of aromatic nitrogens is 3. The van der Waals surface area contributed by atoms with Gasteiger partial charge in [0.2, 0.25) is 0 Å². The third-order valence-corrected chi connectivity index (χ3v) is 4.48. The Morgan fingerprint density at radius 2 is 2.17 bits per heavy atom. The molecule has 0 aliphatic carbocycles. The smallest absolute Gasteiger partial charge is 0.276 e. The van der Waals surface area contributed by atoms with E-state index < -0.39 is 0 Å². The molecule has 1 unspecified atom stereocenters. The zero-order valence-corrected chi connectivity index (χ0v) is 13.5. The zero-order valence-electron chi connectivity index (χ0n) is 12.7. The van der Waals surface area contributed by atoms with Gasteiger partial charge in [0.25, 0.3) is 5.91 Å². The number of piperidine rings is 1. The Kier molecular flexibility index (Phi) is 4.93. The molecule has 1 fully saturated rings. The summed E-state index contributed by atoms with van der Waals surface area (Å²) >= 11 is 6.15. The highest BCUT2D eigenvalue weighted by Crippen LogP contribution is 2.22. The number of aliphatic hydroxyl groups is 1. The second kappa shape index (κ2) is 7.10. The normalized spacial score (nSPS) is 18.2. The van der Waals surface area contributed by atoms with Crippen LogP contribution in [0.15, 0.2) is 30.5 Å². The second-order valence-electron chi connectivity index (χ2n) is 5.66. The van der Waals surface area contributed by atoms with Gasteiger partial charge in [-0.15, -0.1) is 5.10 Å². The standard InChI is InChI=1S/C16H19ClN4O2/c17-13-6-1-2-7-15(13)21-11-14(18-19-21)16(23)20-9-4-3-5-12(20)8-10-22/h1-2,6-7,11-12,22H,3-5,8-10H2. The molecule has 2 aromatic rings. The summed E-state index contributed by atoms with van der Waals surface area (Å²) in [7, 11) is 0. The lowest BCUT2D eigenvalue weighted by Gasteiger charge is -2.35. The van der Waals surface area contributed by atoms with Crippen molar-refractivity contribution in [1.29, 1.82) is 0 Å². The highest BCUT2D eigenvalue weighted by atomic mass is 35.5. The van der Waals surface area contributed by atoms with Crippen LogP contribution in [0.3, 0.4) is 0 Å². The highest BCUT2D eigenvalue weighted by Gasteiger charge is 2.28. The van der Waals surface area contributed by atoms with Gasteiger partial charge in [-0.05, 0) is 37.8 Å². The molecular formula is C16H19ClN4O2. The monoisotopic (exact) mass is 334 g/mol. The number of para-hydroxylation sites is 1. The van der Waals surface area contributed by atoms with Crippen LogP contribution in [-0.2, 0) is 0 Å². The molecule has 23 heavy (non-hydrogen) atoms. The Bertz CT molecular complexity index is 686. The summed E-state index contributed by atoms with van der Waals surface area (Å²) in [5.41, 5.74) is 0.987. The SMILES string of the molecule is O=C(c1cn(-c2ccccc2Cl)nn1)N1CCCCC1CCO. The molecule has 1 aliphatic rings. The van der Waals surface area contributed by atoms with Gasteiger partial charge in [0.1, 0.15) is 0 Å². The van der Waals surface area contributed by atoms with Gasteiger partial charge in [0.05, 0.1) is 16.9 Å². The van der Waals surface area contributed by atoms with E-state index in [2.05, 4.69) is 10.3 Å². The van der Waals surface area contributed by atoms with E-state index in [1.54, 1.807) is 17.2 Å². The Morgan fingerprint density at radius 3 is 2.96 bits per heavy atom. The van der Waals surface area contributed by atoms with Gasteiger partial charge >= 0.3 is 0 Å². The lowest BCUT2D eigenvalue weighted by atomic mass is 9.99. The number of hydrogen-bond acceptors (Lipinski definition) is 4. The fraction of sp³-hybridized carbons (Fsp3) is 0.438. The van der Waals surface area contributed by atoms with Crippen molar-refractivity contribution in [2.75, 3.05) is 13.2 Å². The van der Waals surface area contributed by atoms with Gasteiger partial charge in [0, 0.05) is 19.2 Å². The molecule has 122 valence electrons. The van der Waals surface area contributed by atoms with Crippen molar-refractivity contribution in [3.63, 3.8) is 0 Å². The molecule has 0 radical (unpaired) electrons. The maximum absolute atomic E-state index is 12.7. The molecule has 0 bridgehead atoms. The highest BCUT2D eigenvalue weighted by molar-refractivity contribution is 6.32. The van der Waals surface area contributed by atoms with Crippen molar-refractivity contribution in [3.8, 4) is 5.69 Å². The fourth-order valence-electron chi connectivity index (χ4n) is 2.98. The average molecular weight is 335 g/mol. The van der Waals surface area contributed by atoms with Crippen molar-refractivity contribution in [2.45, 2.75) is 31.7 Å². The van der Waals surface area contributed by atoms with Gasteiger partial charge in [-0.3, -0.25) is 4.79 Å². The molecule has 1 aromatic carbocycles. The summed E-state index contributed by atoms with van der Waals surface area (Å²) in [6.45, 7) is 0.781. The van der Waals surface area contributed by atoms with Crippen LogP contribution in [0, 0.1) is 0 Å². The Balaban J connectivity index is 1.82. The van der Waals surface area contributed by atoms with E-state index >= 15 is 0 Å². The average Bonchev–Trinajstić information content (AvgIpc) is 3.05. The zero-order chi connectivity index (χ0) is 16.2. The number of halogens is 1. The summed E-state index contributed by atoms with van der Waals surface area (Å²) in [5, 5.41) is 17.8. The summed E-state index contributed by atoms with van der Waals surface area (Å²) in [6.07, 6.45) is 5.19. The van der Waals surface area contributed by atoms with Crippen molar-refractivity contribution in [2.24, 2.45) is 0 Å². The molecule has 1 aromatic heterocycles. The molecule has 2 heterocycles. The van der Waals surface area contributed by atoms with Gasteiger partial charge in [-0.2, -0.15) is 0 Å². The minimum atomic E-state index is -0.138. The molecular weight excluding hydrogens is 316 g/mol. The predicted molar refractivity (Wildman–Crippen MR) is 86.7 cm³/mol. The van der Waals surface area contributed by atoms with Crippen molar-refractivity contribution < 1.29 is 9.90 Å². The quantitative estimate of drug-likeness (QED) is 0.931. The van der Waals surface area contributed by atoms with E-state index in [1.165, 1.54) is 4.68 Å². The molecule has 1 N–H and O–H groups in total. The predicted octanol–water partition coefficient (Wildman–Crippen LogP) is 2.30. The molecule has 1 amide bonds. The minimum absolute atomic E-state index is 0.0757. The van der Waals surface area contributed by atoms with Crippen LogP contribution in [-0.4, -0.2) is 50.1 Å². The molecule has 3 rings (SSSR count). The number of likely N-dealkylation sites (tertiary alicyclic amines) is 1. The van der Waals surface area contributed by atoms with E-state index in [-0.39, 0.29) is 18.6 Å². The van der Waals surface area contributed by atoms with Gasteiger partial charge in [-0.1, -0.05) is 28.9 Å². The first-order chi connectivity index (χ1) is 11.2. The van der Waals surface area contributed by atoms with Crippen molar-refractivity contribution in [1.82, 2.24) is 19.9 Å². The maximum Gasteiger partial charge on any atom is 0.276 e. The van der Waals surface area contributed by atoms with Crippen LogP contribution in [0.1, 0.15) is 36.2 Å². The van der Waals surface area contributed by atoms with Crippen LogP contribution in [0.25, 0.3) is 5.69 Å². The van der Waals surface area contributed by atoms with E-state index in [9.17, 15) is 9.90 Å². The number of hydrogen-bond donors (Lipinski definition) is 1. The lowest BCUT2D eigenvalue weighted by molar-refractivity contribution is 0.0568. The van der Waals surface area contributed by atoms with E-state index in [4.69, 9.17) is 11.6 Å². The molecule has 0 saturated carbocycles. The third-order valence-electron chi connectivity index (χ3n) is 4.16. The summed E-state index contributed by atoms with van der Waals surface area (Å²) in [6, 6.07) is 7.35. The Hall–Kier alpha value is -1.92. The Morgan fingerprint density at radius 1 is 1.35 bits per heavy atom. The summed E-state index contributed by atoms with van der Waals surface area (Å²) < 4.78 is 1.51. The van der Waals surface area contributed by atoms with E-state index in [1.807, 2.05) is 18.2 Å². The summed E-state index contributed by atoms with van der Waals surface area (Å²) in [5.74, 6) is -0.138. The van der Waals surface area contributed by atoms with E-state index in [0.717, 1.165) is 19.3 Å². The molecule has 1 saturated heterocycles. The number of carbonyl (C=O) groups excluding carboxylic acids is 1. The van der Waals surface area contributed by atoms with Crippen LogP contribution in [0.4, 0.5) is 0 Å². The number of nitrogens with zero attached hydrogens (tertiary/aromatic N) is 4. The first-order valence-corrected chi connectivity index (χ1v) is 8.17. The molecule has 7 heteroatoms. The largest absolute Gasteiger partial charge is 0.396 e. The summed E-state index contributed by atoms with van der Waals surface area (Å²) in [4.78, 5) is 14.5. The molecule has 1 aliphatic heterocycles. The molecule has 1 atom stereocenters. The topological polar surface area (TPSA) is 71.2 Å². The first kappa shape index (κ1) is 16.0. The molecule has 0 spiro atoms. The van der Waals surface area contributed by atoms with E-state index in [0.29, 0.717) is 29.4 Å². The van der Waals surface area contributed by atoms with Gasteiger partial charge < -0.3 is 10.0 Å². The van der Waals surface area contributed by atoms with Gasteiger partial charge in [0.15, 0.2) is 5.69 Å². The van der Waals surface area contributed by atoms with Crippen LogP contribution in [0.5, 0.6) is 0 Å². The number of benzene rings is 1. The minimum Gasteiger partial charge on any atom is -0.396 e. The lowest BCUT2D eigenvalue weighted by Crippen LogP contribution is -2.44. The van der Waals surface area contributed by atoms with Crippen LogP contribution >= 0.6 is 11.6 Å². The van der Waals surface area contributed by atoms with Crippen LogP contribution in [0.2, 0.25) is 5.02 Å².